The first kappa shape index (κ1) is 18.9. The van der Waals surface area contributed by atoms with Crippen molar-refractivity contribution in [1.82, 2.24) is 0 Å². The fourth-order valence-corrected chi connectivity index (χ4v) is 2.53. The van der Waals surface area contributed by atoms with Gasteiger partial charge in [-0.1, -0.05) is 12.1 Å². The molecule has 1 aliphatic heterocycles. The normalized spacial score (nSPS) is 19.4. The highest BCUT2D eigenvalue weighted by molar-refractivity contribution is 7.80. The van der Waals surface area contributed by atoms with Crippen molar-refractivity contribution in [2.24, 2.45) is 0 Å². The Hall–Kier alpha value is -1.44. The predicted octanol–water partition coefficient (Wildman–Crippen LogP) is 3.12. The molecule has 0 spiro atoms. The molecule has 1 saturated heterocycles. The Morgan fingerprint density at radius 2 is 1.88 bits per heavy atom. The Bertz CT molecular complexity index is 653. The van der Waals surface area contributed by atoms with Gasteiger partial charge in [0.05, 0.1) is 23.9 Å². The fraction of sp³-hybridized carbons (Fsp3) is 0.471. The lowest BCUT2D eigenvalue weighted by Crippen LogP contribution is -2.41. The number of phenols is 1. The van der Waals surface area contributed by atoms with Gasteiger partial charge in [0, 0.05) is 11.3 Å². The summed E-state index contributed by atoms with van der Waals surface area (Å²) in [7, 11) is 0.761. The number of benzene rings is 1. The number of carbonyl (C=O) groups excluding carboxylic acids is 1. The summed E-state index contributed by atoms with van der Waals surface area (Å²) in [4.78, 5) is 11.5. The molecule has 0 atom stereocenters. The van der Waals surface area contributed by atoms with Gasteiger partial charge in [0.2, 0.25) is 0 Å². The van der Waals surface area contributed by atoms with E-state index < -0.39 is 24.3 Å². The first-order valence-corrected chi connectivity index (χ1v) is 8.33. The summed E-state index contributed by atoms with van der Waals surface area (Å²) in [6.45, 7) is 7.91. The zero-order valence-corrected chi connectivity index (χ0v) is 15.5. The van der Waals surface area contributed by atoms with E-state index in [0.717, 1.165) is 5.47 Å². The lowest BCUT2D eigenvalue weighted by molar-refractivity contribution is 0.00578. The Kier molecular flexibility index (Phi) is 5.37. The highest BCUT2D eigenvalue weighted by atomic mass is 32.1. The number of ether oxygens (including phenoxy) is 1. The van der Waals surface area contributed by atoms with Crippen LogP contribution in [0.25, 0.3) is 6.08 Å². The van der Waals surface area contributed by atoms with E-state index in [4.69, 9.17) is 9.31 Å². The maximum Gasteiger partial charge on any atom is 0.491 e. The average Bonchev–Trinajstić information content (AvgIpc) is 2.73. The molecule has 0 aliphatic carbocycles. The van der Waals surface area contributed by atoms with Crippen molar-refractivity contribution in [2.45, 2.75) is 38.9 Å². The minimum atomic E-state index is -0.535. The van der Waals surface area contributed by atoms with Crippen molar-refractivity contribution < 1.29 is 23.9 Å². The largest absolute Gasteiger partial charge is 0.507 e. The number of hydrogen-bond donors (Lipinski definition) is 2. The Labute approximate surface area is 148 Å². The lowest BCUT2D eigenvalue weighted by atomic mass is 9.78. The van der Waals surface area contributed by atoms with E-state index in [1.165, 1.54) is 13.2 Å². The van der Waals surface area contributed by atoms with Crippen LogP contribution in [0.15, 0.2) is 23.7 Å². The van der Waals surface area contributed by atoms with Crippen molar-refractivity contribution in [3.05, 3.63) is 34.8 Å². The molecule has 5 nitrogen and oxygen atoms in total. The molecule has 130 valence electrons. The van der Waals surface area contributed by atoms with Crippen LogP contribution in [0, 0.1) is 0 Å². The van der Waals surface area contributed by atoms with Crippen LogP contribution < -0.4 is 0 Å². The minimum absolute atomic E-state index is 0.0197. The summed E-state index contributed by atoms with van der Waals surface area (Å²) >= 11 is 4.35. The zero-order chi connectivity index (χ0) is 18.1. The van der Waals surface area contributed by atoms with E-state index in [-0.39, 0.29) is 11.3 Å². The molecule has 1 fully saturated rings. The van der Waals surface area contributed by atoms with Crippen LogP contribution in [0.3, 0.4) is 0 Å². The van der Waals surface area contributed by atoms with Gasteiger partial charge < -0.3 is 19.2 Å². The van der Waals surface area contributed by atoms with Crippen LogP contribution in [0.4, 0.5) is 0 Å². The van der Waals surface area contributed by atoms with Gasteiger partial charge in [-0.3, -0.25) is 0 Å². The van der Waals surface area contributed by atoms with Crippen LogP contribution in [-0.4, -0.2) is 42.3 Å². The van der Waals surface area contributed by atoms with E-state index >= 15 is 0 Å². The van der Waals surface area contributed by atoms with E-state index in [1.54, 1.807) is 18.2 Å². The second-order valence-electron chi connectivity index (χ2n) is 6.73. The third-order valence-corrected chi connectivity index (χ3v) is 4.90. The monoisotopic (exact) mass is 350 g/mol. The number of rotatable bonds is 4. The van der Waals surface area contributed by atoms with E-state index in [2.05, 4.69) is 17.4 Å². The second-order valence-corrected chi connectivity index (χ2v) is 7.05. The van der Waals surface area contributed by atoms with Crippen LogP contribution >= 0.6 is 12.6 Å². The van der Waals surface area contributed by atoms with Gasteiger partial charge in [-0.25, -0.2) is 4.79 Å². The molecule has 1 N–H and O–H groups in total. The molecule has 0 amide bonds. The summed E-state index contributed by atoms with van der Waals surface area (Å²) < 4.78 is 16.7. The lowest BCUT2D eigenvalue weighted by Gasteiger charge is -2.32. The molecule has 24 heavy (non-hydrogen) atoms. The van der Waals surface area contributed by atoms with Gasteiger partial charge in [-0.05, 0) is 45.3 Å². The summed E-state index contributed by atoms with van der Waals surface area (Å²) in [5.41, 5.74) is 0.738. The number of esters is 1. The average molecular weight is 350 g/mol. The van der Waals surface area contributed by atoms with Gasteiger partial charge in [0.1, 0.15) is 5.75 Å². The first-order valence-electron chi connectivity index (χ1n) is 7.69. The Balaban J connectivity index is 2.30. The molecule has 0 bridgehead atoms. The number of aromatic hydroxyl groups is 1. The molecular formula is C17H23BO5S. The molecule has 2 rings (SSSR count). The molecular weight excluding hydrogens is 327 g/mol. The third-order valence-electron chi connectivity index (χ3n) is 4.53. The number of thiol groups is 1. The van der Waals surface area contributed by atoms with E-state index in [1.807, 2.05) is 27.7 Å². The van der Waals surface area contributed by atoms with Gasteiger partial charge in [0.25, 0.3) is 0 Å². The van der Waals surface area contributed by atoms with Crippen molar-refractivity contribution >= 4 is 31.8 Å². The summed E-state index contributed by atoms with van der Waals surface area (Å²) in [5.74, 6) is -0.107. The Morgan fingerprint density at radius 3 is 2.33 bits per heavy atom. The second kappa shape index (κ2) is 6.82. The van der Waals surface area contributed by atoms with Crippen molar-refractivity contribution in [1.29, 1.82) is 0 Å². The quantitative estimate of drug-likeness (QED) is 0.496. The molecule has 0 saturated carbocycles. The molecule has 7 heteroatoms. The fourth-order valence-electron chi connectivity index (χ4n) is 2.29. The maximum absolute atomic E-state index is 11.5. The van der Waals surface area contributed by atoms with Gasteiger partial charge in [0.15, 0.2) is 0 Å². The molecule has 0 unspecified atom stereocenters. The molecule has 1 aromatic carbocycles. The molecule has 0 aromatic heterocycles. The van der Waals surface area contributed by atoms with E-state index in [0.29, 0.717) is 11.3 Å². The minimum Gasteiger partial charge on any atom is -0.507 e. The first-order chi connectivity index (χ1) is 11.1. The molecule has 1 aliphatic rings. The maximum atomic E-state index is 11.5. The van der Waals surface area contributed by atoms with Crippen molar-refractivity contribution in [3.8, 4) is 5.75 Å². The van der Waals surface area contributed by atoms with Crippen molar-refractivity contribution in [3.63, 3.8) is 0 Å². The topological polar surface area (TPSA) is 65.0 Å². The highest BCUT2D eigenvalue weighted by Crippen LogP contribution is 2.39. The van der Waals surface area contributed by atoms with Crippen LogP contribution in [0.1, 0.15) is 43.6 Å². The third kappa shape index (κ3) is 3.63. The van der Waals surface area contributed by atoms with E-state index in [9.17, 15) is 9.90 Å². The number of methoxy groups -OCH3 is 1. The van der Waals surface area contributed by atoms with Gasteiger partial charge in [-0.2, -0.15) is 12.6 Å². The number of phenolic OH excluding ortho intramolecular Hbond substituents is 1. The molecule has 1 aromatic rings. The summed E-state index contributed by atoms with van der Waals surface area (Å²) in [5, 5.41) is 10.2. The smallest absolute Gasteiger partial charge is 0.491 e. The van der Waals surface area contributed by atoms with Gasteiger partial charge in [-0.15, -0.1) is 0 Å². The number of carbonyl (C=O) groups is 1. The summed E-state index contributed by atoms with van der Waals surface area (Å²) in [6.07, 6.45) is 1.77. The van der Waals surface area contributed by atoms with Crippen LogP contribution in [0.2, 0.25) is 0 Å². The van der Waals surface area contributed by atoms with Crippen LogP contribution in [-0.2, 0) is 14.0 Å². The Morgan fingerprint density at radius 1 is 1.29 bits per heavy atom. The predicted molar refractivity (Wildman–Crippen MR) is 97.4 cm³/mol. The molecule has 1 heterocycles. The summed E-state index contributed by atoms with van der Waals surface area (Å²) in [6, 6.07) is 4.62. The zero-order valence-electron chi connectivity index (χ0n) is 14.6. The van der Waals surface area contributed by atoms with Gasteiger partial charge >= 0.3 is 13.1 Å². The SMILES string of the molecule is COC(=O)c1ccc(C=C(CS)B2OC(C)(C)C(C)(C)O2)c(O)c1. The molecule has 0 radical (unpaired) electrons. The standard InChI is InChI=1S/C17H23BO5S/c1-16(2)17(3,4)23-18(22-16)13(10-24)8-11-6-7-12(9-14(11)19)15(20)21-5/h6-9,19,24H,10H2,1-5H3. The number of hydrogen-bond acceptors (Lipinski definition) is 6. The van der Waals surface area contributed by atoms with Crippen molar-refractivity contribution in [2.75, 3.05) is 12.9 Å². The highest BCUT2D eigenvalue weighted by Gasteiger charge is 2.52. The van der Waals surface area contributed by atoms with Crippen LogP contribution in [0.5, 0.6) is 5.75 Å².